The van der Waals surface area contributed by atoms with Crippen LogP contribution >= 0.6 is 11.6 Å². The van der Waals surface area contributed by atoms with Crippen molar-refractivity contribution in [3.8, 4) is 0 Å². The molecule has 0 radical (unpaired) electrons. The van der Waals surface area contributed by atoms with Crippen molar-refractivity contribution < 1.29 is 14.6 Å². The number of ether oxygens (including phenoxy) is 1. The minimum Gasteiger partial charge on any atom is -0.481 e. The number of hydrogen-bond acceptors (Lipinski definition) is 2. The molecule has 2 atom stereocenters. The lowest BCUT2D eigenvalue weighted by Crippen LogP contribution is -2.36. The maximum Gasteiger partial charge on any atom is 0.304 e. The summed E-state index contributed by atoms with van der Waals surface area (Å²) >= 11 is 5.91. The van der Waals surface area contributed by atoms with Crippen molar-refractivity contribution in [3.63, 3.8) is 0 Å². The van der Waals surface area contributed by atoms with Gasteiger partial charge in [-0.1, -0.05) is 37.6 Å². The number of halogens is 1. The molecule has 0 aromatic heterocycles. The van der Waals surface area contributed by atoms with Crippen LogP contribution < -0.4 is 0 Å². The summed E-state index contributed by atoms with van der Waals surface area (Å²) in [4.78, 5) is 11.2. The highest BCUT2D eigenvalue weighted by atomic mass is 35.5. The van der Waals surface area contributed by atoms with Crippen molar-refractivity contribution in [1.29, 1.82) is 0 Å². The second kappa shape index (κ2) is 6.15. The van der Waals surface area contributed by atoms with E-state index in [2.05, 4.69) is 13.8 Å². The Morgan fingerprint density at radius 3 is 2.65 bits per heavy atom. The molecule has 1 saturated heterocycles. The zero-order chi connectivity index (χ0) is 14.8. The number of carboxylic acid groups (broad SMARTS) is 1. The molecule has 20 heavy (non-hydrogen) atoms. The molecular formula is C16H21ClO3. The average molecular weight is 297 g/mol. The predicted molar refractivity (Wildman–Crippen MR) is 79.2 cm³/mol. The van der Waals surface area contributed by atoms with Gasteiger partial charge in [-0.25, -0.2) is 0 Å². The topological polar surface area (TPSA) is 46.5 Å². The van der Waals surface area contributed by atoms with E-state index in [4.69, 9.17) is 16.3 Å². The van der Waals surface area contributed by atoms with Crippen LogP contribution in [0.3, 0.4) is 0 Å². The summed E-state index contributed by atoms with van der Waals surface area (Å²) in [6.07, 6.45) is 1.94. The lowest BCUT2D eigenvalue weighted by Gasteiger charge is -2.39. The van der Waals surface area contributed by atoms with Crippen LogP contribution in [-0.2, 0) is 9.53 Å². The first-order valence-electron chi connectivity index (χ1n) is 6.96. The molecule has 1 fully saturated rings. The Labute approximate surface area is 124 Å². The summed E-state index contributed by atoms with van der Waals surface area (Å²) in [7, 11) is 0. The normalized spacial score (nSPS) is 23.2. The highest BCUT2D eigenvalue weighted by Crippen LogP contribution is 2.39. The van der Waals surface area contributed by atoms with Gasteiger partial charge in [0.15, 0.2) is 0 Å². The molecule has 1 aromatic rings. The summed E-state index contributed by atoms with van der Waals surface area (Å²) in [5.74, 6) is -0.915. The first kappa shape index (κ1) is 15.3. The molecule has 0 aliphatic carbocycles. The first-order chi connectivity index (χ1) is 9.37. The SMILES string of the molecule is CC1(C)CCOC([C@H](CC(=O)O)c2ccc(Cl)cc2)C1. The van der Waals surface area contributed by atoms with Crippen molar-refractivity contribution in [2.45, 2.75) is 45.1 Å². The molecule has 110 valence electrons. The number of benzene rings is 1. The van der Waals surface area contributed by atoms with Gasteiger partial charge < -0.3 is 9.84 Å². The number of aliphatic carboxylic acids is 1. The molecule has 0 amide bonds. The van der Waals surface area contributed by atoms with E-state index in [0.29, 0.717) is 11.6 Å². The van der Waals surface area contributed by atoms with E-state index < -0.39 is 5.97 Å². The maximum atomic E-state index is 11.2. The van der Waals surface area contributed by atoms with E-state index in [1.807, 2.05) is 12.1 Å². The largest absolute Gasteiger partial charge is 0.481 e. The van der Waals surface area contributed by atoms with Crippen molar-refractivity contribution >= 4 is 17.6 Å². The van der Waals surface area contributed by atoms with Crippen LogP contribution in [0.5, 0.6) is 0 Å². The average Bonchev–Trinajstić information content (AvgIpc) is 2.36. The molecule has 2 rings (SSSR count). The van der Waals surface area contributed by atoms with Crippen LogP contribution in [0.1, 0.15) is 44.6 Å². The van der Waals surface area contributed by atoms with Crippen molar-refractivity contribution in [2.75, 3.05) is 6.61 Å². The number of rotatable bonds is 4. The molecular weight excluding hydrogens is 276 g/mol. The first-order valence-corrected chi connectivity index (χ1v) is 7.34. The third-order valence-electron chi connectivity index (χ3n) is 4.01. The third-order valence-corrected chi connectivity index (χ3v) is 4.26. The predicted octanol–water partition coefficient (Wildman–Crippen LogP) is 4.10. The fraction of sp³-hybridized carbons (Fsp3) is 0.562. The summed E-state index contributed by atoms with van der Waals surface area (Å²) in [6, 6.07) is 7.42. The van der Waals surface area contributed by atoms with Crippen molar-refractivity contribution in [3.05, 3.63) is 34.9 Å². The van der Waals surface area contributed by atoms with E-state index in [1.54, 1.807) is 12.1 Å². The molecule has 1 N–H and O–H groups in total. The van der Waals surface area contributed by atoms with Gasteiger partial charge in [-0.3, -0.25) is 4.79 Å². The Bertz CT molecular complexity index is 467. The fourth-order valence-corrected chi connectivity index (χ4v) is 2.94. The molecule has 1 heterocycles. The molecule has 0 spiro atoms. The third kappa shape index (κ3) is 3.97. The summed E-state index contributed by atoms with van der Waals surface area (Å²) in [5.41, 5.74) is 1.19. The van der Waals surface area contributed by atoms with Crippen LogP contribution in [0.25, 0.3) is 0 Å². The Balaban J connectivity index is 2.23. The molecule has 3 nitrogen and oxygen atoms in total. The molecule has 1 aliphatic rings. The fourth-order valence-electron chi connectivity index (χ4n) is 2.81. The molecule has 4 heteroatoms. The van der Waals surface area contributed by atoms with E-state index in [-0.39, 0.29) is 23.9 Å². The maximum absolute atomic E-state index is 11.2. The molecule has 1 aromatic carbocycles. The minimum absolute atomic E-state index is 0.0453. The van der Waals surface area contributed by atoms with Gasteiger partial charge in [0.25, 0.3) is 0 Å². The summed E-state index contributed by atoms with van der Waals surface area (Å²) in [6.45, 7) is 5.12. The van der Waals surface area contributed by atoms with Crippen molar-refractivity contribution in [2.24, 2.45) is 5.41 Å². The zero-order valence-electron chi connectivity index (χ0n) is 11.9. The van der Waals surface area contributed by atoms with Crippen LogP contribution in [-0.4, -0.2) is 23.8 Å². The van der Waals surface area contributed by atoms with E-state index >= 15 is 0 Å². The smallest absolute Gasteiger partial charge is 0.304 e. The van der Waals surface area contributed by atoms with Gasteiger partial charge in [0, 0.05) is 17.5 Å². The van der Waals surface area contributed by atoms with Gasteiger partial charge in [-0.2, -0.15) is 0 Å². The van der Waals surface area contributed by atoms with Gasteiger partial charge in [0.2, 0.25) is 0 Å². The van der Waals surface area contributed by atoms with E-state index in [0.717, 1.165) is 18.4 Å². The molecule has 0 bridgehead atoms. The standard InChI is InChI=1S/C16H21ClO3/c1-16(2)7-8-20-14(10-16)13(9-15(18)19)11-3-5-12(17)6-4-11/h3-6,13-14H,7-10H2,1-2H3,(H,18,19)/t13-,14?/m1/s1. The van der Waals surface area contributed by atoms with Crippen LogP contribution in [0.2, 0.25) is 5.02 Å². The van der Waals surface area contributed by atoms with Crippen LogP contribution in [0.4, 0.5) is 0 Å². The van der Waals surface area contributed by atoms with Gasteiger partial charge in [-0.15, -0.1) is 0 Å². The van der Waals surface area contributed by atoms with Crippen LogP contribution in [0.15, 0.2) is 24.3 Å². The number of carboxylic acids is 1. The Kier molecular flexibility index (Phi) is 4.71. The van der Waals surface area contributed by atoms with Gasteiger partial charge in [-0.05, 0) is 36.0 Å². The molecule has 1 aliphatic heterocycles. The Hall–Kier alpha value is -1.06. The lowest BCUT2D eigenvalue weighted by molar-refractivity contribution is -0.139. The van der Waals surface area contributed by atoms with Gasteiger partial charge in [0.05, 0.1) is 12.5 Å². The van der Waals surface area contributed by atoms with E-state index in [9.17, 15) is 9.90 Å². The Morgan fingerprint density at radius 1 is 1.45 bits per heavy atom. The lowest BCUT2D eigenvalue weighted by atomic mass is 9.76. The second-order valence-corrected chi connectivity index (χ2v) is 6.72. The second-order valence-electron chi connectivity index (χ2n) is 6.28. The Morgan fingerprint density at radius 2 is 2.10 bits per heavy atom. The van der Waals surface area contributed by atoms with Gasteiger partial charge in [0.1, 0.15) is 0 Å². The highest BCUT2D eigenvalue weighted by molar-refractivity contribution is 6.30. The zero-order valence-corrected chi connectivity index (χ0v) is 12.7. The molecule has 1 unspecified atom stereocenters. The summed E-state index contributed by atoms with van der Waals surface area (Å²) in [5, 5.41) is 9.84. The van der Waals surface area contributed by atoms with Gasteiger partial charge >= 0.3 is 5.97 Å². The quantitative estimate of drug-likeness (QED) is 0.910. The number of carbonyl (C=O) groups is 1. The highest BCUT2D eigenvalue weighted by Gasteiger charge is 2.35. The number of hydrogen-bond donors (Lipinski definition) is 1. The van der Waals surface area contributed by atoms with E-state index in [1.165, 1.54) is 0 Å². The van der Waals surface area contributed by atoms with Crippen LogP contribution in [0, 0.1) is 5.41 Å². The summed E-state index contributed by atoms with van der Waals surface area (Å²) < 4.78 is 5.86. The minimum atomic E-state index is -0.795. The monoisotopic (exact) mass is 296 g/mol. The van der Waals surface area contributed by atoms with Crippen molar-refractivity contribution in [1.82, 2.24) is 0 Å². The molecule has 0 saturated carbocycles.